The molecule has 0 saturated carbocycles. The van der Waals surface area contributed by atoms with Crippen molar-refractivity contribution >= 4 is 40.9 Å². The van der Waals surface area contributed by atoms with E-state index in [1.165, 1.54) is 31.4 Å². The van der Waals surface area contributed by atoms with Crippen LogP contribution in [-0.2, 0) is 9.59 Å². The molecule has 1 saturated heterocycles. The number of hydrogen-bond acceptors (Lipinski definition) is 5. The van der Waals surface area contributed by atoms with E-state index >= 15 is 0 Å². The minimum Gasteiger partial charge on any atom is -0.495 e. The lowest BCUT2D eigenvalue weighted by atomic mass is 10.1. The summed E-state index contributed by atoms with van der Waals surface area (Å²) in [4.78, 5) is 53.9. The van der Waals surface area contributed by atoms with E-state index in [9.17, 15) is 19.2 Å². The summed E-state index contributed by atoms with van der Waals surface area (Å²) in [6, 6.07) is 18.1. The standard InChI is InChI=1S/C26H22ClN3O5/c1-16-8-13-22(35-2)20(14-16)29-23(31)15-21(26(29)34)30(25(33)18-6-4-3-5-7-18)28-24(32)17-9-11-19(27)12-10-17/h3-14,21H,15H2,1-2H3,(H,28,32). The Morgan fingerprint density at radius 2 is 1.69 bits per heavy atom. The lowest BCUT2D eigenvalue weighted by molar-refractivity contribution is -0.122. The van der Waals surface area contributed by atoms with E-state index in [4.69, 9.17) is 16.3 Å². The molecule has 3 aromatic rings. The van der Waals surface area contributed by atoms with Crippen LogP contribution in [-0.4, -0.2) is 41.8 Å². The van der Waals surface area contributed by atoms with Crippen LogP contribution < -0.4 is 15.1 Å². The van der Waals surface area contributed by atoms with Crippen LogP contribution in [0.4, 0.5) is 5.69 Å². The van der Waals surface area contributed by atoms with Gasteiger partial charge in [0.2, 0.25) is 5.91 Å². The second-order valence-corrected chi connectivity index (χ2v) is 8.39. The summed E-state index contributed by atoms with van der Waals surface area (Å²) < 4.78 is 5.35. The Morgan fingerprint density at radius 1 is 1.00 bits per heavy atom. The number of imide groups is 1. The van der Waals surface area contributed by atoms with E-state index in [1.54, 1.807) is 48.5 Å². The van der Waals surface area contributed by atoms with Crippen molar-refractivity contribution in [1.82, 2.24) is 10.4 Å². The number of hydrazine groups is 1. The Hall–Kier alpha value is -4.17. The second kappa shape index (κ2) is 9.99. The zero-order valence-corrected chi connectivity index (χ0v) is 19.8. The fourth-order valence-electron chi connectivity index (χ4n) is 3.81. The van der Waals surface area contributed by atoms with Gasteiger partial charge in [-0.25, -0.2) is 9.91 Å². The monoisotopic (exact) mass is 491 g/mol. The van der Waals surface area contributed by atoms with Crippen LogP contribution in [0, 0.1) is 6.92 Å². The van der Waals surface area contributed by atoms with Gasteiger partial charge in [-0.05, 0) is 61.0 Å². The lowest BCUT2D eigenvalue weighted by Gasteiger charge is -2.28. The van der Waals surface area contributed by atoms with E-state index in [0.717, 1.165) is 15.5 Å². The van der Waals surface area contributed by atoms with Crippen molar-refractivity contribution < 1.29 is 23.9 Å². The van der Waals surface area contributed by atoms with E-state index in [1.807, 2.05) is 6.92 Å². The van der Waals surface area contributed by atoms with Crippen LogP contribution in [0.2, 0.25) is 5.02 Å². The first-order chi connectivity index (χ1) is 16.8. The molecule has 35 heavy (non-hydrogen) atoms. The van der Waals surface area contributed by atoms with Gasteiger partial charge in [-0.3, -0.25) is 24.6 Å². The highest BCUT2D eigenvalue weighted by molar-refractivity contribution is 6.30. The summed E-state index contributed by atoms with van der Waals surface area (Å²) in [6.07, 6.45) is -0.310. The van der Waals surface area contributed by atoms with Crippen molar-refractivity contribution in [3.63, 3.8) is 0 Å². The summed E-state index contributed by atoms with van der Waals surface area (Å²) in [6.45, 7) is 1.82. The highest BCUT2D eigenvalue weighted by atomic mass is 35.5. The van der Waals surface area contributed by atoms with Gasteiger partial charge in [0.25, 0.3) is 17.7 Å². The normalized spacial score (nSPS) is 15.2. The number of amides is 4. The van der Waals surface area contributed by atoms with Crippen molar-refractivity contribution in [3.8, 4) is 5.75 Å². The topological polar surface area (TPSA) is 96.0 Å². The van der Waals surface area contributed by atoms with Crippen molar-refractivity contribution in [3.05, 3.63) is 94.5 Å². The fraction of sp³-hybridized carbons (Fsp3) is 0.154. The zero-order valence-electron chi connectivity index (χ0n) is 19.0. The number of nitrogens with zero attached hydrogens (tertiary/aromatic N) is 2. The van der Waals surface area contributed by atoms with Crippen molar-refractivity contribution in [2.75, 3.05) is 12.0 Å². The minimum absolute atomic E-state index is 0.231. The average molecular weight is 492 g/mol. The number of hydrogen-bond donors (Lipinski definition) is 1. The molecule has 4 rings (SSSR count). The molecule has 4 amide bonds. The maximum atomic E-state index is 13.5. The predicted molar refractivity (Wildman–Crippen MR) is 130 cm³/mol. The Kier molecular flexibility index (Phi) is 6.84. The van der Waals surface area contributed by atoms with Gasteiger partial charge in [0.1, 0.15) is 11.8 Å². The minimum atomic E-state index is -1.25. The van der Waals surface area contributed by atoms with Crippen LogP contribution in [0.5, 0.6) is 5.75 Å². The lowest BCUT2D eigenvalue weighted by Crippen LogP contribution is -2.54. The first kappa shape index (κ1) is 24.0. The van der Waals surface area contributed by atoms with Crippen molar-refractivity contribution in [2.45, 2.75) is 19.4 Å². The van der Waals surface area contributed by atoms with Gasteiger partial charge in [-0.15, -0.1) is 0 Å². The molecule has 1 N–H and O–H groups in total. The Bertz CT molecular complexity index is 1290. The number of rotatable bonds is 5. The highest BCUT2D eigenvalue weighted by Crippen LogP contribution is 2.34. The van der Waals surface area contributed by atoms with Gasteiger partial charge in [0.05, 0.1) is 19.2 Å². The number of nitrogens with one attached hydrogen (secondary N) is 1. The molecular weight excluding hydrogens is 470 g/mol. The zero-order chi connectivity index (χ0) is 25.1. The summed E-state index contributed by atoms with van der Waals surface area (Å²) in [5, 5.41) is 1.37. The molecule has 1 atom stereocenters. The van der Waals surface area contributed by atoms with E-state index in [2.05, 4.69) is 5.43 Å². The molecule has 1 unspecified atom stereocenters. The maximum absolute atomic E-state index is 13.5. The molecule has 0 spiro atoms. The van der Waals surface area contributed by atoms with Crippen LogP contribution in [0.1, 0.15) is 32.7 Å². The van der Waals surface area contributed by atoms with Crippen LogP contribution >= 0.6 is 11.6 Å². The molecule has 1 aliphatic rings. The molecule has 0 aliphatic carbocycles. The quantitative estimate of drug-likeness (QED) is 0.433. The molecule has 0 bridgehead atoms. The smallest absolute Gasteiger partial charge is 0.273 e. The largest absolute Gasteiger partial charge is 0.495 e. The van der Waals surface area contributed by atoms with Gasteiger partial charge >= 0.3 is 0 Å². The molecule has 0 aromatic heterocycles. The third-order valence-corrected chi connectivity index (χ3v) is 5.83. The van der Waals surface area contributed by atoms with E-state index < -0.39 is 29.7 Å². The number of ether oxygens (including phenoxy) is 1. The maximum Gasteiger partial charge on any atom is 0.273 e. The molecule has 1 heterocycles. The van der Waals surface area contributed by atoms with Crippen LogP contribution in [0.25, 0.3) is 0 Å². The third kappa shape index (κ3) is 4.88. The number of benzene rings is 3. The molecule has 0 radical (unpaired) electrons. The first-order valence-electron chi connectivity index (χ1n) is 10.8. The summed E-state index contributed by atoms with van der Waals surface area (Å²) in [7, 11) is 1.44. The number of methoxy groups -OCH3 is 1. The molecule has 3 aromatic carbocycles. The molecule has 8 nitrogen and oxygen atoms in total. The van der Waals surface area contributed by atoms with Gasteiger partial charge < -0.3 is 4.74 Å². The summed E-state index contributed by atoms with van der Waals surface area (Å²) >= 11 is 5.91. The molecular formula is C26H22ClN3O5. The SMILES string of the molecule is COc1ccc(C)cc1N1C(=O)CC(N(NC(=O)c2ccc(Cl)cc2)C(=O)c2ccccc2)C1=O. The van der Waals surface area contributed by atoms with Gasteiger partial charge in [0, 0.05) is 16.1 Å². The number of carbonyl (C=O) groups excluding carboxylic acids is 4. The number of carbonyl (C=O) groups is 4. The summed E-state index contributed by atoms with van der Waals surface area (Å²) in [5.41, 5.74) is 4.10. The fourth-order valence-corrected chi connectivity index (χ4v) is 3.94. The molecule has 9 heteroatoms. The molecule has 1 aliphatic heterocycles. The number of halogens is 1. The first-order valence-corrected chi connectivity index (χ1v) is 11.1. The second-order valence-electron chi connectivity index (χ2n) is 7.95. The number of aryl methyl sites for hydroxylation is 1. The molecule has 1 fully saturated rings. The van der Waals surface area contributed by atoms with E-state index in [-0.39, 0.29) is 23.2 Å². The predicted octanol–water partition coefficient (Wildman–Crippen LogP) is 3.78. The van der Waals surface area contributed by atoms with Crippen LogP contribution in [0.15, 0.2) is 72.8 Å². The van der Waals surface area contributed by atoms with Crippen molar-refractivity contribution in [2.24, 2.45) is 0 Å². The Morgan fingerprint density at radius 3 is 2.34 bits per heavy atom. The van der Waals surface area contributed by atoms with Gasteiger partial charge in [-0.2, -0.15) is 0 Å². The highest BCUT2D eigenvalue weighted by Gasteiger charge is 2.46. The Balaban J connectivity index is 1.70. The third-order valence-electron chi connectivity index (χ3n) is 5.58. The summed E-state index contributed by atoms with van der Waals surface area (Å²) in [5.74, 6) is -2.09. The molecule has 178 valence electrons. The van der Waals surface area contributed by atoms with Gasteiger partial charge in [0.15, 0.2) is 0 Å². The van der Waals surface area contributed by atoms with Crippen molar-refractivity contribution in [1.29, 1.82) is 0 Å². The van der Waals surface area contributed by atoms with E-state index in [0.29, 0.717) is 10.8 Å². The number of anilines is 1. The van der Waals surface area contributed by atoms with Crippen LogP contribution in [0.3, 0.4) is 0 Å². The average Bonchev–Trinajstić information content (AvgIpc) is 3.16. The van der Waals surface area contributed by atoms with Gasteiger partial charge in [-0.1, -0.05) is 35.9 Å². The Labute approximate surface area is 207 Å².